The highest BCUT2D eigenvalue weighted by Crippen LogP contribution is 2.23. The summed E-state index contributed by atoms with van der Waals surface area (Å²) in [7, 11) is 0. The second-order valence-corrected chi connectivity index (χ2v) is 4.00. The first kappa shape index (κ1) is 10.4. The van der Waals surface area contributed by atoms with Crippen LogP contribution in [0.25, 0.3) is 16.6 Å². The normalized spacial score (nSPS) is 10.4. The highest BCUT2D eigenvalue weighted by atomic mass is 15.3. The number of rotatable bonds is 1. The van der Waals surface area contributed by atoms with E-state index in [9.17, 15) is 0 Å². The number of nitrogens with two attached hydrogens (primary N) is 1. The lowest BCUT2D eigenvalue weighted by molar-refractivity contribution is 0.910. The SMILES string of the molecule is N#Cc1ccc(-n2ncc3c(N)cccc32)cc1. The Morgan fingerprint density at radius 2 is 1.89 bits per heavy atom. The summed E-state index contributed by atoms with van der Waals surface area (Å²) in [5, 5.41) is 14.0. The molecule has 86 valence electrons. The van der Waals surface area contributed by atoms with Crippen LogP contribution in [0.5, 0.6) is 0 Å². The number of nitriles is 1. The van der Waals surface area contributed by atoms with Crippen LogP contribution in [-0.2, 0) is 0 Å². The maximum Gasteiger partial charge on any atom is 0.0991 e. The lowest BCUT2D eigenvalue weighted by Crippen LogP contribution is -1.96. The van der Waals surface area contributed by atoms with E-state index in [4.69, 9.17) is 11.0 Å². The van der Waals surface area contributed by atoms with Crippen molar-refractivity contribution in [3.05, 3.63) is 54.2 Å². The Labute approximate surface area is 104 Å². The molecule has 2 N–H and O–H groups in total. The van der Waals surface area contributed by atoms with Crippen LogP contribution < -0.4 is 5.73 Å². The molecule has 0 amide bonds. The summed E-state index contributed by atoms with van der Waals surface area (Å²) in [5.74, 6) is 0. The van der Waals surface area contributed by atoms with E-state index in [1.165, 1.54) is 0 Å². The molecule has 0 unspecified atom stereocenters. The fourth-order valence-corrected chi connectivity index (χ4v) is 1.96. The zero-order valence-electron chi connectivity index (χ0n) is 9.54. The third kappa shape index (κ3) is 1.50. The Hall–Kier alpha value is -2.80. The van der Waals surface area contributed by atoms with Crippen LogP contribution in [-0.4, -0.2) is 9.78 Å². The lowest BCUT2D eigenvalue weighted by Gasteiger charge is -2.03. The Morgan fingerprint density at radius 3 is 2.61 bits per heavy atom. The molecule has 0 saturated heterocycles. The first-order valence-corrected chi connectivity index (χ1v) is 5.52. The Bertz CT molecular complexity index is 748. The number of fused-ring (bicyclic) bond motifs is 1. The van der Waals surface area contributed by atoms with Gasteiger partial charge in [0.2, 0.25) is 0 Å². The monoisotopic (exact) mass is 234 g/mol. The second kappa shape index (κ2) is 3.90. The number of benzene rings is 2. The maximum atomic E-state index is 8.78. The summed E-state index contributed by atoms with van der Waals surface area (Å²) < 4.78 is 1.81. The number of nitrogen functional groups attached to an aromatic ring is 1. The molecule has 1 aromatic heterocycles. The van der Waals surface area contributed by atoms with Gasteiger partial charge in [0.1, 0.15) is 0 Å². The largest absolute Gasteiger partial charge is 0.398 e. The molecular weight excluding hydrogens is 224 g/mol. The molecule has 2 aromatic carbocycles. The smallest absolute Gasteiger partial charge is 0.0991 e. The third-order valence-corrected chi connectivity index (χ3v) is 2.89. The van der Waals surface area contributed by atoms with E-state index < -0.39 is 0 Å². The number of aromatic nitrogens is 2. The third-order valence-electron chi connectivity index (χ3n) is 2.89. The van der Waals surface area contributed by atoms with Crippen molar-refractivity contribution < 1.29 is 0 Å². The van der Waals surface area contributed by atoms with E-state index in [0.29, 0.717) is 11.3 Å². The predicted molar refractivity (Wildman–Crippen MR) is 70.2 cm³/mol. The minimum absolute atomic E-state index is 0.634. The molecule has 0 aliphatic rings. The molecule has 0 aliphatic carbocycles. The summed E-state index contributed by atoms with van der Waals surface area (Å²) in [5.41, 5.74) is 9.12. The quantitative estimate of drug-likeness (QED) is 0.658. The maximum absolute atomic E-state index is 8.78. The van der Waals surface area contributed by atoms with Gasteiger partial charge >= 0.3 is 0 Å². The highest BCUT2D eigenvalue weighted by Gasteiger charge is 2.06. The predicted octanol–water partition coefficient (Wildman–Crippen LogP) is 2.48. The standard InChI is InChI=1S/C14H10N4/c15-8-10-4-6-11(7-5-10)18-14-3-1-2-13(16)12(14)9-17-18/h1-7,9H,16H2. The van der Waals surface area contributed by atoms with Crippen LogP contribution >= 0.6 is 0 Å². The Balaban J connectivity index is 2.20. The van der Waals surface area contributed by atoms with Crippen LogP contribution in [0.1, 0.15) is 5.56 Å². The molecule has 4 nitrogen and oxygen atoms in total. The van der Waals surface area contributed by atoms with Crippen molar-refractivity contribution in [2.75, 3.05) is 5.73 Å². The van der Waals surface area contributed by atoms with Crippen LogP contribution in [0.4, 0.5) is 5.69 Å². The highest BCUT2D eigenvalue weighted by molar-refractivity contribution is 5.91. The minimum atomic E-state index is 0.634. The van der Waals surface area contributed by atoms with Crippen molar-refractivity contribution >= 4 is 16.6 Å². The van der Waals surface area contributed by atoms with Crippen molar-refractivity contribution in [2.24, 2.45) is 0 Å². The second-order valence-electron chi connectivity index (χ2n) is 4.00. The summed E-state index contributed by atoms with van der Waals surface area (Å²) in [4.78, 5) is 0. The molecule has 0 fully saturated rings. The Kier molecular flexibility index (Phi) is 2.24. The summed E-state index contributed by atoms with van der Waals surface area (Å²) >= 11 is 0. The Morgan fingerprint density at radius 1 is 1.11 bits per heavy atom. The molecule has 1 heterocycles. The van der Waals surface area contributed by atoms with Gasteiger partial charge in [-0.3, -0.25) is 0 Å². The van der Waals surface area contributed by atoms with Gasteiger partial charge in [0.25, 0.3) is 0 Å². The fraction of sp³-hybridized carbons (Fsp3) is 0. The van der Waals surface area contributed by atoms with E-state index in [1.54, 1.807) is 18.3 Å². The molecule has 4 heteroatoms. The topological polar surface area (TPSA) is 67.6 Å². The van der Waals surface area contributed by atoms with Gasteiger partial charge in [-0.15, -0.1) is 0 Å². The van der Waals surface area contributed by atoms with Crippen LogP contribution in [0.15, 0.2) is 48.7 Å². The van der Waals surface area contributed by atoms with Crippen molar-refractivity contribution in [1.29, 1.82) is 5.26 Å². The van der Waals surface area contributed by atoms with Crippen LogP contribution in [0.2, 0.25) is 0 Å². The number of nitrogens with zero attached hydrogens (tertiary/aromatic N) is 3. The molecular formula is C14H10N4. The number of hydrogen-bond donors (Lipinski definition) is 1. The molecule has 0 saturated carbocycles. The van der Waals surface area contributed by atoms with E-state index in [2.05, 4.69) is 11.2 Å². The van der Waals surface area contributed by atoms with Crippen LogP contribution in [0.3, 0.4) is 0 Å². The van der Waals surface area contributed by atoms with E-state index >= 15 is 0 Å². The van der Waals surface area contributed by atoms with E-state index in [-0.39, 0.29) is 0 Å². The molecule has 3 rings (SSSR count). The molecule has 0 bridgehead atoms. The van der Waals surface area contributed by atoms with Crippen LogP contribution in [0, 0.1) is 11.3 Å². The van der Waals surface area contributed by atoms with Gasteiger partial charge in [-0.2, -0.15) is 10.4 Å². The lowest BCUT2D eigenvalue weighted by atomic mass is 10.2. The van der Waals surface area contributed by atoms with Crippen molar-refractivity contribution in [1.82, 2.24) is 9.78 Å². The first-order chi connectivity index (χ1) is 8.79. The number of hydrogen-bond acceptors (Lipinski definition) is 3. The van der Waals surface area contributed by atoms with Gasteiger partial charge in [0, 0.05) is 11.1 Å². The number of anilines is 1. The molecule has 0 spiro atoms. The van der Waals surface area contributed by atoms with E-state index in [0.717, 1.165) is 16.6 Å². The van der Waals surface area contributed by atoms with Gasteiger partial charge in [0.05, 0.1) is 29.0 Å². The first-order valence-electron chi connectivity index (χ1n) is 5.52. The van der Waals surface area contributed by atoms with Gasteiger partial charge in [-0.1, -0.05) is 6.07 Å². The molecule has 3 aromatic rings. The molecule has 0 aliphatic heterocycles. The van der Waals surface area contributed by atoms with Gasteiger partial charge in [-0.25, -0.2) is 4.68 Å². The van der Waals surface area contributed by atoms with Crippen molar-refractivity contribution in [3.63, 3.8) is 0 Å². The molecule has 0 radical (unpaired) electrons. The average Bonchev–Trinajstić information content (AvgIpc) is 2.84. The minimum Gasteiger partial charge on any atom is -0.398 e. The van der Waals surface area contributed by atoms with E-state index in [1.807, 2.05) is 35.0 Å². The molecule has 0 atom stereocenters. The van der Waals surface area contributed by atoms with Gasteiger partial charge < -0.3 is 5.73 Å². The van der Waals surface area contributed by atoms with Crippen molar-refractivity contribution in [2.45, 2.75) is 0 Å². The summed E-state index contributed by atoms with van der Waals surface area (Å²) in [6.45, 7) is 0. The van der Waals surface area contributed by atoms with Gasteiger partial charge in [0.15, 0.2) is 0 Å². The average molecular weight is 234 g/mol. The zero-order chi connectivity index (χ0) is 12.5. The summed E-state index contributed by atoms with van der Waals surface area (Å²) in [6, 6.07) is 15.1. The van der Waals surface area contributed by atoms with Crippen molar-refractivity contribution in [3.8, 4) is 11.8 Å². The summed E-state index contributed by atoms with van der Waals surface area (Å²) in [6.07, 6.45) is 1.75. The molecule has 18 heavy (non-hydrogen) atoms. The fourth-order valence-electron chi connectivity index (χ4n) is 1.96. The van der Waals surface area contributed by atoms with Gasteiger partial charge in [-0.05, 0) is 36.4 Å². The zero-order valence-corrected chi connectivity index (χ0v) is 9.54.